The van der Waals surface area contributed by atoms with Gasteiger partial charge in [-0.2, -0.15) is 0 Å². The smallest absolute Gasteiger partial charge is 0.243 e. The summed E-state index contributed by atoms with van der Waals surface area (Å²) >= 11 is 3.48. The van der Waals surface area contributed by atoms with Crippen LogP contribution in [0, 0.1) is 0 Å². The van der Waals surface area contributed by atoms with E-state index in [1.54, 1.807) is 0 Å². The van der Waals surface area contributed by atoms with E-state index in [4.69, 9.17) is 0 Å². The van der Waals surface area contributed by atoms with Crippen molar-refractivity contribution in [1.82, 2.24) is 5.32 Å². The lowest BCUT2D eigenvalue weighted by molar-refractivity contribution is -0.116. The Bertz CT molecular complexity index is 374. The summed E-state index contributed by atoms with van der Waals surface area (Å²) in [5, 5.41) is 2.75. The van der Waals surface area contributed by atoms with Crippen LogP contribution in [-0.4, -0.2) is 5.91 Å². The standard InChI is InChI=1S/C12H14BrNO/c1-3-10-7-9(5-6-11(10)13)8-14-12(15)4-2/h4-7H,2-3,8H2,1H3,(H,14,15). The molecule has 1 amide bonds. The Morgan fingerprint density at radius 1 is 1.60 bits per heavy atom. The van der Waals surface area contributed by atoms with Gasteiger partial charge in [0, 0.05) is 11.0 Å². The highest BCUT2D eigenvalue weighted by Gasteiger charge is 2.00. The lowest BCUT2D eigenvalue weighted by Gasteiger charge is -2.06. The molecule has 15 heavy (non-hydrogen) atoms. The fourth-order valence-corrected chi connectivity index (χ4v) is 1.80. The van der Waals surface area contributed by atoms with Gasteiger partial charge in [-0.3, -0.25) is 4.79 Å². The fourth-order valence-electron chi connectivity index (χ4n) is 1.27. The number of hydrogen-bond donors (Lipinski definition) is 1. The summed E-state index contributed by atoms with van der Waals surface area (Å²) in [5.41, 5.74) is 2.35. The Hall–Kier alpha value is -1.09. The van der Waals surface area contributed by atoms with E-state index in [0.29, 0.717) is 6.54 Å². The van der Waals surface area contributed by atoms with Gasteiger partial charge in [-0.15, -0.1) is 0 Å². The molecule has 1 N–H and O–H groups in total. The zero-order chi connectivity index (χ0) is 11.3. The minimum Gasteiger partial charge on any atom is -0.348 e. The molecule has 0 aliphatic rings. The molecule has 1 rings (SSSR count). The summed E-state index contributed by atoms with van der Waals surface area (Å²) in [5.74, 6) is -0.143. The van der Waals surface area contributed by atoms with Crippen LogP contribution >= 0.6 is 15.9 Å². The quantitative estimate of drug-likeness (QED) is 0.836. The van der Waals surface area contributed by atoms with Gasteiger partial charge < -0.3 is 5.32 Å². The van der Waals surface area contributed by atoms with Crippen LogP contribution in [0.25, 0.3) is 0 Å². The molecule has 0 fully saturated rings. The molecule has 80 valence electrons. The second-order valence-corrected chi connectivity index (χ2v) is 4.06. The number of halogens is 1. The number of hydrogen-bond acceptors (Lipinski definition) is 1. The van der Waals surface area contributed by atoms with E-state index >= 15 is 0 Å². The number of carbonyl (C=O) groups is 1. The molecular weight excluding hydrogens is 254 g/mol. The molecule has 0 heterocycles. The van der Waals surface area contributed by atoms with E-state index in [0.717, 1.165) is 16.5 Å². The minimum atomic E-state index is -0.143. The number of aryl methyl sites for hydroxylation is 1. The van der Waals surface area contributed by atoms with Gasteiger partial charge in [0.2, 0.25) is 5.91 Å². The van der Waals surface area contributed by atoms with Gasteiger partial charge in [0.25, 0.3) is 0 Å². The molecule has 0 spiro atoms. The first-order valence-corrected chi connectivity index (χ1v) is 5.64. The molecule has 0 bridgehead atoms. The Labute approximate surface area is 98.5 Å². The van der Waals surface area contributed by atoms with Crippen molar-refractivity contribution in [2.75, 3.05) is 0 Å². The van der Waals surface area contributed by atoms with Crippen molar-refractivity contribution < 1.29 is 4.79 Å². The fraction of sp³-hybridized carbons (Fsp3) is 0.250. The molecule has 1 aromatic carbocycles. The molecular formula is C12H14BrNO. The maximum atomic E-state index is 11.0. The van der Waals surface area contributed by atoms with Crippen LogP contribution in [0.3, 0.4) is 0 Å². The van der Waals surface area contributed by atoms with Crippen LogP contribution in [0.2, 0.25) is 0 Å². The molecule has 0 saturated heterocycles. The molecule has 0 unspecified atom stereocenters. The predicted molar refractivity (Wildman–Crippen MR) is 65.6 cm³/mol. The maximum absolute atomic E-state index is 11.0. The second kappa shape index (κ2) is 5.71. The van der Waals surface area contributed by atoms with Gasteiger partial charge in [-0.25, -0.2) is 0 Å². The van der Waals surface area contributed by atoms with Crippen LogP contribution in [0.4, 0.5) is 0 Å². The van der Waals surface area contributed by atoms with Crippen molar-refractivity contribution >= 4 is 21.8 Å². The van der Waals surface area contributed by atoms with Gasteiger partial charge in [-0.1, -0.05) is 41.6 Å². The van der Waals surface area contributed by atoms with Crippen LogP contribution < -0.4 is 5.32 Å². The number of amides is 1. The zero-order valence-corrected chi connectivity index (χ0v) is 10.3. The molecule has 0 aliphatic heterocycles. The van der Waals surface area contributed by atoms with Gasteiger partial charge in [0.15, 0.2) is 0 Å². The molecule has 0 saturated carbocycles. The molecule has 0 atom stereocenters. The Morgan fingerprint density at radius 3 is 2.93 bits per heavy atom. The molecule has 3 heteroatoms. The van der Waals surface area contributed by atoms with Crippen molar-refractivity contribution in [3.05, 3.63) is 46.5 Å². The minimum absolute atomic E-state index is 0.143. The van der Waals surface area contributed by atoms with E-state index in [-0.39, 0.29) is 5.91 Å². The van der Waals surface area contributed by atoms with E-state index < -0.39 is 0 Å². The average molecular weight is 268 g/mol. The highest BCUT2D eigenvalue weighted by molar-refractivity contribution is 9.10. The highest BCUT2D eigenvalue weighted by Crippen LogP contribution is 2.18. The zero-order valence-electron chi connectivity index (χ0n) is 8.72. The summed E-state index contributed by atoms with van der Waals surface area (Å²) in [4.78, 5) is 11.0. The lowest BCUT2D eigenvalue weighted by atomic mass is 10.1. The predicted octanol–water partition coefficient (Wildman–Crippen LogP) is 2.81. The Kier molecular flexibility index (Phi) is 4.56. The number of nitrogens with one attached hydrogen (secondary N) is 1. The highest BCUT2D eigenvalue weighted by atomic mass is 79.9. The third kappa shape index (κ3) is 3.51. The van der Waals surface area contributed by atoms with Gasteiger partial charge >= 0.3 is 0 Å². The van der Waals surface area contributed by atoms with E-state index in [9.17, 15) is 4.79 Å². The SMILES string of the molecule is C=CC(=O)NCc1ccc(Br)c(CC)c1. The van der Waals surface area contributed by atoms with E-state index in [1.807, 2.05) is 12.1 Å². The summed E-state index contributed by atoms with van der Waals surface area (Å²) in [6.07, 6.45) is 2.25. The summed E-state index contributed by atoms with van der Waals surface area (Å²) in [7, 11) is 0. The molecule has 0 aliphatic carbocycles. The van der Waals surface area contributed by atoms with Crippen molar-refractivity contribution in [2.24, 2.45) is 0 Å². The number of rotatable bonds is 4. The summed E-state index contributed by atoms with van der Waals surface area (Å²) in [6.45, 7) is 6.05. The first-order chi connectivity index (χ1) is 7.17. The van der Waals surface area contributed by atoms with Gasteiger partial charge in [0.05, 0.1) is 0 Å². The maximum Gasteiger partial charge on any atom is 0.243 e. The van der Waals surface area contributed by atoms with Crippen LogP contribution in [0.5, 0.6) is 0 Å². The third-order valence-electron chi connectivity index (χ3n) is 2.14. The van der Waals surface area contributed by atoms with Crippen molar-refractivity contribution in [3.8, 4) is 0 Å². The first-order valence-electron chi connectivity index (χ1n) is 4.85. The van der Waals surface area contributed by atoms with Gasteiger partial charge in [-0.05, 0) is 29.7 Å². The van der Waals surface area contributed by atoms with Crippen molar-refractivity contribution in [1.29, 1.82) is 0 Å². The Morgan fingerprint density at radius 2 is 2.33 bits per heavy atom. The largest absolute Gasteiger partial charge is 0.348 e. The van der Waals surface area contributed by atoms with Crippen molar-refractivity contribution in [3.63, 3.8) is 0 Å². The second-order valence-electron chi connectivity index (χ2n) is 3.20. The van der Waals surface area contributed by atoms with Crippen molar-refractivity contribution in [2.45, 2.75) is 19.9 Å². The average Bonchev–Trinajstić information content (AvgIpc) is 2.27. The van der Waals surface area contributed by atoms with Crippen LogP contribution in [0.1, 0.15) is 18.1 Å². The molecule has 0 radical (unpaired) electrons. The molecule has 2 nitrogen and oxygen atoms in total. The molecule has 0 aromatic heterocycles. The first kappa shape index (κ1) is 12.0. The van der Waals surface area contributed by atoms with Gasteiger partial charge in [0.1, 0.15) is 0 Å². The Balaban J connectivity index is 2.70. The lowest BCUT2D eigenvalue weighted by Crippen LogP contribution is -2.19. The number of carbonyl (C=O) groups excluding carboxylic acids is 1. The van der Waals surface area contributed by atoms with Crippen LogP contribution in [0.15, 0.2) is 35.3 Å². The van der Waals surface area contributed by atoms with E-state index in [1.165, 1.54) is 11.6 Å². The number of benzene rings is 1. The van der Waals surface area contributed by atoms with E-state index in [2.05, 4.69) is 40.8 Å². The van der Waals surface area contributed by atoms with Crippen LogP contribution in [-0.2, 0) is 17.8 Å². The molecule has 1 aromatic rings. The topological polar surface area (TPSA) is 29.1 Å². The summed E-state index contributed by atoms with van der Waals surface area (Å²) in [6, 6.07) is 6.09. The summed E-state index contributed by atoms with van der Waals surface area (Å²) < 4.78 is 1.11. The third-order valence-corrected chi connectivity index (χ3v) is 2.92. The normalized spacial score (nSPS) is 9.73. The monoisotopic (exact) mass is 267 g/mol.